The highest BCUT2D eigenvalue weighted by Crippen LogP contribution is 2.13. The molecule has 0 spiro atoms. The summed E-state index contributed by atoms with van der Waals surface area (Å²) in [6, 6.07) is 15.7. The molecule has 0 fully saturated rings. The van der Waals surface area contributed by atoms with Crippen molar-refractivity contribution in [3.05, 3.63) is 65.2 Å². The van der Waals surface area contributed by atoms with Gasteiger partial charge in [0, 0.05) is 13.1 Å². The topological polar surface area (TPSA) is 55.8 Å². The summed E-state index contributed by atoms with van der Waals surface area (Å²) in [4.78, 5) is 25.8. The number of methoxy groups -OCH3 is 1. The van der Waals surface area contributed by atoms with Crippen molar-refractivity contribution in [2.24, 2.45) is 0 Å². The number of carbonyl (C=O) groups excluding carboxylic acids is 2. The van der Waals surface area contributed by atoms with Crippen molar-refractivity contribution in [2.75, 3.05) is 20.3 Å². The van der Waals surface area contributed by atoms with E-state index in [1.165, 1.54) is 12.7 Å². The van der Waals surface area contributed by atoms with Crippen molar-refractivity contribution in [3.8, 4) is 5.75 Å². The van der Waals surface area contributed by atoms with Gasteiger partial charge in [-0.3, -0.25) is 9.59 Å². The molecule has 2 aromatic rings. The lowest BCUT2D eigenvalue weighted by atomic mass is 10.1. The van der Waals surface area contributed by atoms with Crippen LogP contribution in [-0.2, 0) is 27.3 Å². The first-order valence-electron chi connectivity index (χ1n) is 9.13. The Kier molecular flexibility index (Phi) is 7.86. The summed E-state index contributed by atoms with van der Waals surface area (Å²) in [5, 5.41) is 0. The maximum atomic E-state index is 12.7. The van der Waals surface area contributed by atoms with Crippen LogP contribution in [0.1, 0.15) is 30.0 Å². The Morgan fingerprint density at radius 2 is 1.59 bits per heavy atom. The number of rotatable bonds is 9. The van der Waals surface area contributed by atoms with Crippen LogP contribution in [0.3, 0.4) is 0 Å². The molecule has 0 aliphatic carbocycles. The Labute approximate surface area is 160 Å². The predicted molar refractivity (Wildman–Crippen MR) is 105 cm³/mol. The molecule has 0 saturated carbocycles. The number of hydrogen-bond acceptors (Lipinski definition) is 4. The number of benzene rings is 2. The molecule has 0 radical (unpaired) electrons. The van der Waals surface area contributed by atoms with Crippen LogP contribution >= 0.6 is 0 Å². The molecule has 5 heteroatoms. The lowest BCUT2D eigenvalue weighted by Gasteiger charge is -2.22. The third-order valence-corrected chi connectivity index (χ3v) is 4.35. The molecule has 2 aromatic carbocycles. The Hall–Kier alpha value is -2.82. The largest absolute Gasteiger partial charge is 0.484 e. The fourth-order valence-corrected chi connectivity index (χ4v) is 2.59. The van der Waals surface area contributed by atoms with Crippen LogP contribution < -0.4 is 4.74 Å². The van der Waals surface area contributed by atoms with Gasteiger partial charge in [-0.25, -0.2) is 0 Å². The summed E-state index contributed by atoms with van der Waals surface area (Å²) in [6.07, 6.45) is 1.11. The first-order chi connectivity index (χ1) is 13.0. The molecule has 0 unspecified atom stereocenters. The van der Waals surface area contributed by atoms with Gasteiger partial charge in [0.05, 0.1) is 13.5 Å². The Balaban J connectivity index is 1.99. The smallest absolute Gasteiger partial charge is 0.307 e. The number of amides is 1. The lowest BCUT2D eigenvalue weighted by molar-refractivity contribution is -0.142. The summed E-state index contributed by atoms with van der Waals surface area (Å²) in [5.74, 6) is 0.149. The molecular weight excluding hydrogens is 342 g/mol. The van der Waals surface area contributed by atoms with Crippen molar-refractivity contribution >= 4 is 11.9 Å². The highest BCUT2D eigenvalue weighted by atomic mass is 16.5. The van der Waals surface area contributed by atoms with E-state index in [0.29, 0.717) is 12.3 Å². The molecule has 0 bridgehead atoms. The monoisotopic (exact) mass is 369 g/mol. The minimum atomic E-state index is -0.340. The van der Waals surface area contributed by atoms with Crippen LogP contribution in [0, 0.1) is 6.92 Å². The van der Waals surface area contributed by atoms with Gasteiger partial charge in [-0.1, -0.05) is 48.9 Å². The molecule has 0 saturated heterocycles. The quantitative estimate of drug-likeness (QED) is 0.635. The minimum absolute atomic E-state index is 0.0709. The Morgan fingerprint density at radius 1 is 0.963 bits per heavy atom. The van der Waals surface area contributed by atoms with Crippen LogP contribution in [-0.4, -0.2) is 37.0 Å². The summed E-state index contributed by atoms with van der Waals surface area (Å²) in [5.41, 5.74) is 3.38. The van der Waals surface area contributed by atoms with E-state index in [1.807, 2.05) is 55.5 Å². The Morgan fingerprint density at radius 3 is 2.19 bits per heavy atom. The van der Waals surface area contributed by atoms with Crippen LogP contribution in [0.5, 0.6) is 5.75 Å². The first-order valence-corrected chi connectivity index (χ1v) is 9.13. The predicted octanol–water partition coefficient (Wildman–Crippen LogP) is 3.53. The van der Waals surface area contributed by atoms with E-state index >= 15 is 0 Å². The number of hydrogen-bond donors (Lipinski definition) is 0. The first kappa shape index (κ1) is 20.5. The lowest BCUT2D eigenvalue weighted by Crippen LogP contribution is -2.36. The maximum Gasteiger partial charge on any atom is 0.307 e. The van der Waals surface area contributed by atoms with Gasteiger partial charge in [-0.15, -0.1) is 0 Å². The van der Waals surface area contributed by atoms with Crippen molar-refractivity contribution < 1.29 is 19.1 Å². The van der Waals surface area contributed by atoms with Crippen molar-refractivity contribution in [3.63, 3.8) is 0 Å². The highest BCUT2D eigenvalue weighted by molar-refractivity contribution is 5.78. The zero-order valence-electron chi connectivity index (χ0n) is 16.2. The Bertz CT molecular complexity index is 738. The molecule has 0 N–H and O–H groups in total. The summed E-state index contributed by atoms with van der Waals surface area (Å²) >= 11 is 0. The molecule has 1 amide bonds. The van der Waals surface area contributed by atoms with E-state index in [1.54, 1.807) is 4.90 Å². The average molecular weight is 369 g/mol. The minimum Gasteiger partial charge on any atom is -0.484 e. The molecule has 0 aliphatic heterocycles. The molecule has 0 aliphatic rings. The second-order valence-corrected chi connectivity index (χ2v) is 6.41. The zero-order chi connectivity index (χ0) is 19.6. The van der Waals surface area contributed by atoms with E-state index in [9.17, 15) is 9.59 Å². The van der Waals surface area contributed by atoms with E-state index in [4.69, 9.17) is 4.74 Å². The molecular formula is C22H27NO4. The normalized spacial score (nSPS) is 10.3. The fraction of sp³-hybridized carbons (Fsp3) is 0.364. The van der Waals surface area contributed by atoms with Gasteiger partial charge in [0.1, 0.15) is 5.75 Å². The molecule has 2 rings (SSSR count). The van der Waals surface area contributed by atoms with Gasteiger partial charge in [0.25, 0.3) is 5.91 Å². The number of nitrogens with zero attached hydrogens (tertiary/aromatic N) is 1. The number of esters is 1. The second kappa shape index (κ2) is 10.4. The van der Waals surface area contributed by atoms with E-state index in [2.05, 4.69) is 11.7 Å². The van der Waals surface area contributed by atoms with Gasteiger partial charge in [-0.05, 0) is 36.6 Å². The number of ether oxygens (including phenoxy) is 2. The standard InChI is InChI=1S/C22H27NO4/c1-4-18-9-11-20(12-10-18)27-16-21(24)23(14-13-22(25)26-3)15-19-7-5-17(2)6-8-19/h5-12H,4,13-16H2,1-3H3. The zero-order valence-corrected chi connectivity index (χ0v) is 16.2. The second-order valence-electron chi connectivity index (χ2n) is 6.41. The molecule has 27 heavy (non-hydrogen) atoms. The third-order valence-electron chi connectivity index (χ3n) is 4.35. The molecule has 0 aromatic heterocycles. The van der Waals surface area contributed by atoms with E-state index in [-0.39, 0.29) is 31.4 Å². The van der Waals surface area contributed by atoms with Gasteiger partial charge < -0.3 is 14.4 Å². The van der Waals surface area contributed by atoms with E-state index < -0.39 is 0 Å². The molecule has 144 valence electrons. The number of aryl methyl sites for hydroxylation is 2. The highest BCUT2D eigenvalue weighted by Gasteiger charge is 2.16. The van der Waals surface area contributed by atoms with Crippen molar-refractivity contribution in [1.82, 2.24) is 4.90 Å². The molecule has 0 heterocycles. The molecule has 5 nitrogen and oxygen atoms in total. The van der Waals surface area contributed by atoms with Crippen LogP contribution in [0.2, 0.25) is 0 Å². The van der Waals surface area contributed by atoms with Crippen LogP contribution in [0.25, 0.3) is 0 Å². The average Bonchev–Trinajstić information content (AvgIpc) is 2.70. The van der Waals surface area contributed by atoms with Crippen LogP contribution in [0.4, 0.5) is 0 Å². The van der Waals surface area contributed by atoms with Crippen molar-refractivity contribution in [2.45, 2.75) is 33.2 Å². The number of carbonyl (C=O) groups is 2. The summed E-state index contributed by atoms with van der Waals surface area (Å²) < 4.78 is 10.3. The van der Waals surface area contributed by atoms with Gasteiger partial charge in [-0.2, -0.15) is 0 Å². The fourth-order valence-electron chi connectivity index (χ4n) is 2.59. The summed E-state index contributed by atoms with van der Waals surface area (Å²) in [6.45, 7) is 4.75. The van der Waals surface area contributed by atoms with Gasteiger partial charge in [0.2, 0.25) is 0 Å². The van der Waals surface area contributed by atoms with Gasteiger partial charge in [0.15, 0.2) is 6.61 Å². The maximum absolute atomic E-state index is 12.7. The van der Waals surface area contributed by atoms with Crippen molar-refractivity contribution in [1.29, 1.82) is 0 Å². The van der Waals surface area contributed by atoms with Crippen LogP contribution in [0.15, 0.2) is 48.5 Å². The SMILES string of the molecule is CCc1ccc(OCC(=O)N(CCC(=O)OC)Cc2ccc(C)cc2)cc1. The van der Waals surface area contributed by atoms with Gasteiger partial charge >= 0.3 is 5.97 Å². The molecule has 0 atom stereocenters. The third kappa shape index (κ3) is 6.77. The van der Waals surface area contributed by atoms with E-state index in [0.717, 1.165) is 17.5 Å². The summed E-state index contributed by atoms with van der Waals surface area (Å²) in [7, 11) is 1.34.